The summed E-state index contributed by atoms with van der Waals surface area (Å²) in [6, 6.07) is 6.04. The Morgan fingerprint density at radius 3 is 2.71 bits per heavy atom. The first-order valence-corrected chi connectivity index (χ1v) is 4.23. The van der Waals surface area contributed by atoms with Gasteiger partial charge in [-0.1, -0.05) is 18.2 Å². The number of rotatable bonds is 3. The van der Waals surface area contributed by atoms with Gasteiger partial charge in [-0.05, 0) is 6.07 Å². The van der Waals surface area contributed by atoms with Crippen LogP contribution in [0, 0.1) is 5.82 Å². The maximum atomic E-state index is 13.3. The van der Waals surface area contributed by atoms with E-state index in [0.717, 1.165) is 0 Å². The zero-order valence-electron chi connectivity index (χ0n) is 7.87. The lowest BCUT2D eigenvalue weighted by Gasteiger charge is -2.12. The van der Waals surface area contributed by atoms with Crippen molar-refractivity contribution >= 4 is 5.97 Å². The summed E-state index contributed by atoms with van der Waals surface area (Å²) in [6.45, 7) is 0.0353. The summed E-state index contributed by atoms with van der Waals surface area (Å²) in [5.74, 6) is -1.67. The van der Waals surface area contributed by atoms with Gasteiger partial charge in [0.1, 0.15) is 5.82 Å². The van der Waals surface area contributed by atoms with Gasteiger partial charge in [0.25, 0.3) is 0 Å². The van der Waals surface area contributed by atoms with Crippen molar-refractivity contribution in [2.75, 3.05) is 13.7 Å². The average molecular weight is 197 g/mol. The summed E-state index contributed by atoms with van der Waals surface area (Å²) in [5.41, 5.74) is 5.66. The van der Waals surface area contributed by atoms with E-state index in [1.54, 1.807) is 12.1 Å². The Labute approximate surface area is 81.7 Å². The Bertz CT molecular complexity index is 328. The van der Waals surface area contributed by atoms with E-state index in [0.29, 0.717) is 0 Å². The van der Waals surface area contributed by atoms with Gasteiger partial charge in [0, 0.05) is 12.1 Å². The number of methoxy groups -OCH3 is 1. The molecule has 1 aromatic carbocycles. The summed E-state index contributed by atoms with van der Waals surface area (Å²) in [4.78, 5) is 11.2. The molecule has 0 spiro atoms. The molecule has 0 radical (unpaired) electrons. The van der Waals surface area contributed by atoms with Crippen LogP contribution in [0.25, 0.3) is 0 Å². The predicted molar refractivity (Wildman–Crippen MR) is 50.2 cm³/mol. The molecule has 1 aromatic rings. The zero-order chi connectivity index (χ0) is 10.6. The van der Waals surface area contributed by atoms with Crippen LogP contribution < -0.4 is 5.73 Å². The van der Waals surface area contributed by atoms with Crippen LogP contribution in [0.5, 0.6) is 0 Å². The first-order chi connectivity index (χ1) is 6.70. The van der Waals surface area contributed by atoms with E-state index in [1.807, 2.05) is 0 Å². The van der Waals surface area contributed by atoms with Crippen LogP contribution in [0.3, 0.4) is 0 Å². The van der Waals surface area contributed by atoms with E-state index in [9.17, 15) is 9.18 Å². The van der Waals surface area contributed by atoms with Gasteiger partial charge in [-0.25, -0.2) is 4.39 Å². The second-order valence-electron chi connectivity index (χ2n) is 2.83. The Balaban J connectivity index is 3.01. The molecule has 76 valence electrons. The summed E-state index contributed by atoms with van der Waals surface area (Å²) in [7, 11) is 1.26. The fraction of sp³-hybridized carbons (Fsp3) is 0.300. The minimum absolute atomic E-state index is 0.0353. The van der Waals surface area contributed by atoms with Crippen LogP contribution in [-0.2, 0) is 9.53 Å². The molecule has 3 nitrogen and oxygen atoms in total. The molecule has 0 heterocycles. The zero-order valence-corrected chi connectivity index (χ0v) is 7.87. The second kappa shape index (κ2) is 4.72. The Morgan fingerprint density at radius 1 is 1.57 bits per heavy atom. The summed E-state index contributed by atoms with van der Waals surface area (Å²) in [5, 5.41) is 0. The van der Waals surface area contributed by atoms with Crippen LogP contribution in [0.15, 0.2) is 24.3 Å². The lowest BCUT2D eigenvalue weighted by atomic mass is 9.99. The van der Waals surface area contributed by atoms with E-state index in [2.05, 4.69) is 4.74 Å². The van der Waals surface area contributed by atoms with Gasteiger partial charge >= 0.3 is 5.97 Å². The van der Waals surface area contributed by atoms with Crippen LogP contribution in [0.4, 0.5) is 4.39 Å². The first-order valence-electron chi connectivity index (χ1n) is 4.23. The molecule has 0 amide bonds. The maximum Gasteiger partial charge on any atom is 0.314 e. The number of nitrogens with two attached hydrogens (primary N) is 1. The van der Waals surface area contributed by atoms with Gasteiger partial charge in [0.15, 0.2) is 0 Å². The molecule has 1 atom stereocenters. The van der Waals surface area contributed by atoms with E-state index in [-0.39, 0.29) is 12.1 Å². The molecule has 0 aliphatic carbocycles. The molecule has 14 heavy (non-hydrogen) atoms. The van der Waals surface area contributed by atoms with Crippen LogP contribution in [0.2, 0.25) is 0 Å². The van der Waals surface area contributed by atoms with E-state index < -0.39 is 17.7 Å². The monoisotopic (exact) mass is 197 g/mol. The number of halogens is 1. The number of hydrogen-bond donors (Lipinski definition) is 1. The molecular weight excluding hydrogens is 185 g/mol. The van der Waals surface area contributed by atoms with Crippen molar-refractivity contribution in [3.05, 3.63) is 35.6 Å². The molecule has 0 aromatic heterocycles. The normalized spacial score (nSPS) is 12.2. The topological polar surface area (TPSA) is 52.3 Å². The highest BCUT2D eigenvalue weighted by Crippen LogP contribution is 2.19. The highest BCUT2D eigenvalue weighted by Gasteiger charge is 2.22. The fourth-order valence-corrected chi connectivity index (χ4v) is 1.25. The van der Waals surface area contributed by atoms with Crippen LogP contribution in [-0.4, -0.2) is 19.6 Å². The largest absolute Gasteiger partial charge is 0.469 e. The molecule has 0 aliphatic rings. The van der Waals surface area contributed by atoms with Gasteiger partial charge in [-0.15, -0.1) is 0 Å². The number of carbonyl (C=O) groups is 1. The van der Waals surface area contributed by atoms with Crippen molar-refractivity contribution in [3.8, 4) is 0 Å². The number of esters is 1. The van der Waals surface area contributed by atoms with Gasteiger partial charge in [-0.2, -0.15) is 0 Å². The molecule has 0 fully saturated rings. The molecule has 2 N–H and O–H groups in total. The number of carbonyl (C=O) groups excluding carboxylic acids is 1. The van der Waals surface area contributed by atoms with Crippen molar-refractivity contribution in [3.63, 3.8) is 0 Å². The molecule has 0 saturated heterocycles. The highest BCUT2D eigenvalue weighted by molar-refractivity contribution is 5.78. The van der Waals surface area contributed by atoms with Gasteiger partial charge in [0.2, 0.25) is 0 Å². The molecule has 1 rings (SSSR count). The Morgan fingerprint density at radius 2 is 2.21 bits per heavy atom. The lowest BCUT2D eigenvalue weighted by molar-refractivity contribution is -0.142. The van der Waals surface area contributed by atoms with Crippen molar-refractivity contribution < 1.29 is 13.9 Å². The standard InChI is InChI=1S/C10H12FNO2/c1-14-10(13)8(6-12)7-4-2-3-5-9(7)11/h2-5,8H,6,12H2,1H3. The Hall–Kier alpha value is -1.42. The first kappa shape index (κ1) is 10.7. The number of benzene rings is 1. The Kier molecular flexibility index (Phi) is 3.59. The second-order valence-corrected chi connectivity index (χ2v) is 2.83. The molecule has 0 bridgehead atoms. The van der Waals surface area contributed by atoms with Gasteiger partial charge in [-0.3, -0.25) is 4.79 Å². The van der Waals surface area contributed by atoms with Gasteiger partial charge < -0.3 is 10.5 Å². The van der Waals surface area contributed by atoms with Gasteiger partial charge in [0.05, 0.1) is 13.0 Å². The minimum Gasteiger partial charge on any atom is -0.469 e. The third kappa shape index (κ3) is 2.09. The smallest absolute Gasteiger partial charge is 0.314 e. The van der Waals surface area contributed by atoms with E-state index >= 15 is 0 Å². The van der Waals surface area contributed by atoms with Crippen LogP contribution >= 0.6 is 0 Å². The molecular formula is C10H12FNO2. The lowest BCUT2D eigenvalue weighted by Crippen LogP contribution is -2.23. The highest BCUT2D eigenvalue weighted by atomic mass is 19.1. The third-order valence-electron chi connectivity index (χ3n) is 2.00. The van der Waals surface area contributed by atoms with Crippen molar-refractivity contribution in [2.45, 2.75) is 5.92 Å². The van der Waals surface area contributed by atoms with Crippen LogP contribution in [0.1, 0.15) is 11.5 Å². The average Bonchev–Trinajstić information content (AvgIpc) is 2.21. The maximum absolute atomic E-state index is 13.3. The summed E-state index contributed by atoms with van der Waals surface area (Å²) >= 11 is 0. The molecule has 4 heteroatoms. The fourth-order valence-electron chi connectivity index (χ4n) is 1.25. The number of hydrogen-bond acceptors (Lipinski definition) is 3. The van der Waals surface area contributed by atoms with E-state index in [1.165, 1.54) is 19.2 Å². The summed E-state index contributed by atoms with van der Waals surface area (Å²) in [6.07, 6.45) is 0. The summed E-state index contributed by atoms with van der Waals surface area (Å²) < 4.78 is 17.8. The minimum atomic E-state index is -0.721. The quantitative estimate of drug-likeness (QED) is 0.736. The predicted octanol–water partition coefficient (Wildman–Crippen LogP) is 1.04. The molecule has 1 unspecified atom stereocenters. The van der Waals surface area contributed by atoms with Crippen molar-refractivity contribution in [1.29, 1.82) is 0 Å². The van der Waals surface area contributed by atoms with E-state index in [4.69, 9.17) is 5.73 Å². The SMILES string of the molecule is COC(=O)C(CN)c1ccccc1F. The third-order valence-corrected chi connectivity index (χ3v) is 2.00. The number of ether oxygens (including phenoxy) is 1. The molecule has 0 aliphatic heterocycles. The van der Waals surface area contributed by atoms with Crippen molar-refractivity contribution in [1.82, 2.24) is 0 Å². The van der Waals surface area contributed by atoms with Crippen molar-refractivity contribution in [2.24, 2.45) is 5.73 Å². The molecule has 0 saturated carbocycles.